The Morgan fingerprint density at radius 3 is 2.92 bits per heavy atom. The summed E-state index contributed by atoms with van der Waals surface area (Å²) in [7, 11) is 0. The molecule has 0 saturated carbocycles. The van der Waals surface area contributed by atoms with E-state index >= 15 is 0 Å². The second kappa shape index (κ2) is 6.79. The summed E-state index contributed by atoms with van der Waals surface area (Å²) < 4.78 is 8.20. The first-order chi connectivity index (χ1) is 11.5. The van der Waals surface area contributed by atoms with Crippen molar-refractivity contribution >= 4 is 17.2 Å². The number of aromatic nitrogens is 5. The Morgan fingerprint density at radius 1 is 1.42 bits per heavy atom. The van der Waals surface area contributed by atoms with Gasteiger partial charge in [-0.15, -0.1) is 5.10 Å². The number of hydrogen-bond acceptors (Lipinski definition) is 7. The largest absolute Gasteiger partial charge is 0.448 e. The fourth-order valence-corrected chi connectivity index (χ4v) is 2.91. The number of hydrogen-bond donors (Lipinski definition) is 1. The van der Waals surface area contributed by atoms with Gasteiger partial charge in [-0.1, -0.05) is 16.6 Å². The molecule has 0 aromatic carbocycles. The molecule has 3 aromatic rings. The molecule has 3 aromatic heterocycles. The number of rotatable bonds is 6. The van der Waals surface area contributed by atoms with E-state index in [4.69, 9.17) is 4.42 Å². The molecule has 3 heterocycles. The molecule has 9 nitrogen and oxygen atoms in total. The Labute approximate surface area is 140 Å². The molecule has 1 amide bonds. The lowest BCUT2D eigenvalue weighted by Gasteiger charge is -2.06. The number of thiazole rings is 1. The highest BCUT2D eigenvalue weighted by Gasteiger charge is 2.11. The molecular weight excluding hydrogens is 332 g/mol. The molecule has 3 rings (SSSR count). The maximum atomic E-state index is 11.9. The van der Waals surface area contributed by atoms with Crippen LogP contribution in [0.15, 0.2) is 27.2 Å². The van der Waals surface area contributed by atoms with Gasteiger partial charge in [0.15, 0.2) is 6.39 Å². The van der Waals surface area contributed by atoms with Crippen LogP contribution in [-0.2, 0) is 17.9 Å². The fraction of sp³-hybridized carbons (Fsp3) is 0.357. The van der Waals surface area contributed by atoms with E-state index in [0.717, 1.165) is 17.0 Å². The molecule has 24 heavy (non-hydrogen) atoms. The normalized spacial score (nSPS) is 10.9. The van der Waals surface area contributed by atoms with Gasteiger partial charge < -0.3 is 9.73 Å². The topological polar surface area (TPSA) is 108 Å². The Bertz CT molecular complexity index is 906. The maximum Gasteiger partial charge on any atom is 0.307 e. The first-order valence-corrected chi connectivity index (χ1v) is 8.15. The van der Waals surface area contributed by atoms with E-state index < -0.39 is 0 Å². The minimum absolute atomic E-state index is 0.0227. The van der Waals surface area contributed by atoms with E-state index in [9.17, 15) is 9.59 Å². The molecule has 126 valence electrons. The molecule has 0 aliphatic heterocycles. The highest BCUT2D eigenvalue weighted by molar-refractivity contribution is 7.07. The smallest absolute Gasteiger partial charge is 0.307 e. The van der Waals surface area contributed by atoms with Gasteiger partial charge in [0.2, 0.25) is 5.91 Å². The monoisotopic (exact) mass is 348 g/mol. The van der Waals surface area contributed by atoms with Crippen LogP contribution in [0.2, 0.25) is 0 Å². The Balaban J connectivity index is 1.52. The molecule has 0 atom stereocenters. The van der Waals surface area contributed by atoms with Gasteiger partial charge in [-0.05, 0) is 13.8 Å². The predicted molar refractivity (Wildman–Crippen MR) is 86.6 cm³/mol. The van der Waals surface area contributed by atoms with Gasteiger partial charge in [0.25, 0.3) is 0 Å². The number of nitrogens with zero attached hydrogens (tertiary/aromatic N) is 5. The van der Waals surface area contributed by atoms with Gasteiger partial charge in [0.1, 0.15) is 23.7 Å². The molecule has 0 saturated heterocycles. The third-order valence-corrected chi connectivity index (χ3v) is 4.35. The van der Waals surface area contributed by atoms with Crippen LogP contribution in [0.4, 0.5) is 0 Å². The quantitative estimate of drug-likeness (QED) is 0.698. The lowest BCUT2D eigenvalue weighted by molar-refractivity contribution is -0.121. The minimum Gasteiger partial charge on any atom is -0.448 e. The zero-order valence-electron chi connectivity index (χ0n) is 13.2. The summed E-state index contributed by atoms with van der Waals surface area (Å²) in [6.45, 7) is 4.48. The Morgan fingerprint density at radius 2 is 2.25 bits per heavy atom. The van der Waals surface area contributed by atoms with Gasteiger partial charge in [-0.25, -0.2) is 4.98 Å². The van der Waals surface area contributed by atoms with E-state index in [1.165, 1.54) is 11.0 Å². The van der Waals surface area contributed by atoms with Gasteiger partial charge >= 0.3 is 4.87 Å². The van der Waals surface area contributed by atoms with E-state index in [-0.39, 0.29) is 17.3 Å². The lowest BCUT2D eigenvalue weighted by Crippen LogP contribution is -2.33. The zero-order chi connectivity index (χ0) is 17.1. The van der Waals surface area contributed by atoms with Gasteiger partial charge in [-0.2, -0.15) is 0 Å². The van der Waals surface area contributed by atoms with Crippen molar-refractivity contribution in [3.8, 4) is 11.4 Å². The molecule has 0 spiro atoms. The third-order valence-electron chi connectivity index (χ3n) is 3.47. The highest BCUT2D eigenvalue weighted by Crippen LogP contribution is 2.17. The number of carbonyl (C=O) groups excluding carboxylic acids is 1. The van der Waals surface area contributed by atoms with Crippen LogP contribution in [0.25, 0.3) is 11.4 Å². The first kappa shape index (κ1) is 16.1. The average Bonchev–Trinajstić information content (AvgIpc) is 3.24. The van der Waals surface area contributed by atoms with Crippen molar-refractivity contribution in [2.45, 2.75) is 26.9 Å². The predicted octanol–water partition coefficient (Wildman–Crippen LogP) is 0.590. The fourth-order valence-electron chi connectivity index (χ4n) is 2.17. The third kappa shape index (κ3) is 3.43. The van der Waals surface area contributed by atoms with Crippen LogP contribution in [0.1, 0.15) is 11.5 Å². The molecule has 0 aliphatic carbocycles. The molecular formula is C14H16N6O3S. The van der Waals surface area contributed by atoms with E-state index in [2.05, 4.69) is 20.6 Å². The standard InChI is InChI=1S/C14H16N6O3S/c1-9-7-24-14(22)20(9)6-12(21)15-3-4-19-5-11(17-18-19)13-10(2)23-8-16-13/h5,7-8H,3-4,6H2,1-2H3,(H,15,21). The Kier molecular flexibility index (Phi) is 4.56. The molecule has 0 fully saturated rings. The summed E-state index contributed by atoms with van der Waals surface area (Å²) in [5, 5.41) is 12.5. The van der Waals surface area contributed by atoms with Gasteiger partial charge in [-0.3, -0.25) is 18.8 Å². The molecule has 0 bridgehead atoms. The minimum atomic E-state index is -0.216. The number of nitrogens with one attached hydrogen (secondary N) is 1. The summed E-state index contributed by atoms with van der Waals surface area (Å²) >= 11 is 1.09. The number of amides is 1. The first-order valence-electron chi connectivity index (χ1n) is 7.27. The second-order valence-corrected chi connectivity index (χ2v) is 6.02. The van der Waals surface area contributed by atoms with Crippen molar-refractivity contribution in [2.75, 3.05) is 6.54 Å². The van der Waals surface area contributed by atoms with E-state index in [1.807, 2.05) is 0 Å². The Hall–Kier alpha value is -2.75. The van der Waals surface area contributed by atoms with E-state index in [0.29, 0.717) is 30.2 Å². The van der Waals surface area contributed by atoms with Crippen LogP contribution in [0.3, 0.4) is 0 Å². The number of carbonyl (C=O) groups is 1. The van der Waals surface area contributed by atoms with Crippen molar-refractivity contribution < 1.29 is 9.21 Å². The molecule has 1 N–H and O–H groups in total. The van der Waals surface area contributed by atoms with Crippen molar-refractivity contribution in [1.29, 1.82) is 0 Å². The summed E-state index contributed by atoms with van der Waals surface area (Å²) in [4.78, 5) is 27.4. The number of oxazole rings is 1. The van der Waals surface area contributed by atoms with E-state index in [1.54, 1.807) is 30.1 Å². The van der Waals surface area contributed by atoms with Crippen molar-refractivity contribution in [3.63, 3.8) is 0 Å². The molecule has 0 aliphatic rings. The lowest BCUT2D eigenvalue weighted by atomic mass is 10.3. The van der Waals surface area contributed by atoms with Gasteiger partial charge in [0, 0.05) is 17.6 Å². The van der Waals surface area contributed by atoms with Crippen molar-refractivity contribution in [3.05, 3.63) is 39.1 Å². The maximum absolute atomic E-state index is 11.9. The zero-order valence-corrected chi connectivity index (χ0v) is 14.0. The average molecular weight is 348 g/mol. The summed E-state index contributed by atoms with van der Waals surface area (Å²) in [6.07, 6.45) is 3.10. The van der Waals surface area contributed by atoms with Crippen LogP contribution in [0.5, 0.6) is 0 Å². The summed E-state index contributed by atoms with van der Waals surface area (Å²) in [5.41, 5.74) is 2.05. The van der Waals surface area contributed by atoms with Crippen LogP contribution in [-0.4, -0.2) is 37.0 Å². The van der Waals surface area contributed by atoms with Crippen LogP contribution >= 0.6 is 11.3 Å². The second-order valence-electron chi connectivity index (χ2n) is 5.20. The van der Waals surface area contributed by atoms with Crippen molar-refractivity contribution in [1.82, 2.24) is 29.9 Å². The van der Waals surface area contributed by atoms with Gasteiger partial charge in [0.05, 0.1) is 12.7 Å². The van der Waals surface area contributed by atoms with Crippen LogP contribution < -0.4 is 10.2 Å². The number of aryl methyl sites for hydroxylation is 2. The SMILES string of the molecule is Cc1ocnc1-c1cn(CCNC(=O)Cn2c(C)csc2=O)nn1. The summed E-state index contributed by atoms with van der Waals surface area (Å²) in [6, 6.07) is 0. The van der Waals surface area contributed by atoms with Crippen LogP contribution in [0, 0.1) is 13.8 Å². The highest BCUT2D eigenvalue weighted by atomic mass is 32.1. The molecule has 0 unspecified atom stereocenters. The van der Waals surface area contributed by atoms with Crippen molar-refractivity contribution in [2.24, 2.45) is 0 Å². The molecule has 10 heteroatoms. The summed E-state index contributed by atoms with van der Waals surface area (Å²) in [5.74, 6) is 0.457. The molecule has 0 radical (unpaired) electrons.